The first-order chi connectivity index (χ1) is 6.61. The fraction of sp³-hybridized carbons (Fsp3) is 0.917. The SMILES string of the molecule is CC.CC(=O)C1CCN(C(C)C)CC1. The second kappa shape index (κ2) is 6.99. The molecule has 1 aliphatic rings. The Bertz CT molecular complexity index is 158. The zero-order chi connectivity index (χ0) is 11.1. The van der Waals surface area contributed by atoms with E-state index in [-0.39, 0.29) is 0 Å². The van der Waals surface area contributed by atoms with Crippen molar-refractivity contribution in [3.8, 4) is 0 Å². The Balaban J connectivity index is 0.000000791. The standard InChI is InChI=1S/C10H19NO.C2H6/c1-8(2)11-6-4-10(5-7-11)9(3)12;1-2/h8,10H,4-7H2,1-3H3;1-2H3. The molecule has 0 bridgehead atoms. The highest BCUT2D eigenvalue weighted by Crippen LogP contribution is 2.19. The fourth-order valence-electron chi connectivity index (χ4n) is 1.82. The van der Waals surface area contributed by atoms with Gasteiger partial charge in [-0.25, -0.2) is 0 Å². The Labute approximate surface area is 88.7 Å². The normalized spacial score (nSPS) is 19.0. The number of carbonyl (C=O) groups excluding carboxylic acids is 1. The Morgan fingerprint density at radius 1 is 1.21 bits per heavy atom. The van der Waals surface area contributed by atoms with Crippen LogP contribution in [0.3, 0.4) is 0 Å². The average Bonchev–Trinajstić information content (AvgIpc) is 2.21. The molecule has 84 valence electrons. The summed E-state index contributed by atoms with van der Waals surface area (Å²) in [5, 5.41) is 0. The Hall–Kier alpha value is -0.370. The molecular weight excluding hydrogens is 174 g/mol. The molecule has 2 nitrogen and oxygen atoms in total. The van der Waals surface area contributed by atoms with Crippen molar-refractivity contribution < 1.29 is 4.79 Å². The van der Waals surface area contributed by atoms with E-state index in [1.807, 2.05) is 13.8 Å². The third kappa shape index (κ3) is 4.23. The summed E-state index contributed by atoms with van der Waals surface area (Å²) in [5.41, 5.74) is 0. The average molecular weight is 199 g/mol. The molecule has 0 amide bonds. The molecule has 0 N–H and O–H groups in total. The van der Waals surface area contributed by atoms with Crippen LogP contribution < -0.4 is 0 Å². The smallest absolute Gasteiger partial charge is 0.133 e. The number of piperidine rings is 1. The molecule has 1 heterocycles. The zero-order valence-corrected chi connectivity index (χ0v) is 10.3. The van der Waals surface area contributed by atoms with E-state index in [9.17, 15) is 4.79 Å². The van der Waals surface area contributed by atoms with Crippen LogP contribution in [0.1, 0.15) is 47.5 Å². The van der Waals surface area contributed by atoms with Crippen LogP contribution in [0.4, 0.5) is 0 Å². The molecule has 1 saturated heterocycles. The molecule has 1 rings (SSSR count). The number of likely N-dealkylation sites (tertiary alicyclic amines) is 1. The monoisotopic (exact) mass is 199 g/mol. The van der Waals surface area contributed by atoms with Crippen LogP contribution in [0.5, 0.6) is 0 Å². The Morgan fingerprint density at radius 3 is 1.93 bits per heavy atom. The van der Waals surface area contributed by atoms with Crippen LogP contribution in [-0.4, -0.2) is 29.8 Å². The van der Waals surface area contributed by atoms with Crippen molar-refractivity contribution in [2.45, 2.75) is 53.5 Å². The van der Waals surface area contributed by atoms with Crippen molar-refractivity contribution in [1.29, 1.82) is 0 Å². The Kier molecular flexibility index (Phi) is 6.81. The van der Waals surface area contributed by atoms with Gasteiger partial charge in [0, 0.05) is 12.0 Å². The summed E-state index contributed by atoms with van der Waals surface area (Å²) in [5.74, 6) is 0.721. The first kappa shape index (κ1) is 13.6. The van der Waals surface area contributed by atoms with E-state index in [4.69, 9.17) is 0 Å². The molecule has 0 aliphatic carbocycles. The molecule has 1 aliphatic heterocycles. The van der Waals surface area contributed by atoms with Crippen LogP contribution in [0.25, 0.3) is 0 Å². The number of hydrogen-bond donors (Lipinski definition) is 0. The van der Waals surface area contributed by atoms with E-state index in [1.165, 1.54) is 0 Å². The fourth-order valence-corrected chi connectivity index (χ4v) is 1.82. The summed E-state index contributed by atoms with van der Waals surface area (Å²) in [6.45, 7) is 12.3. The highest BCUT2D eigenvalue weighted by molar-refractivity contribution is 5.78. The number of Topliss-reactive ketones (excluding diaryl/α,β-unsaturated/α-hetero) is 1. The van der Waals surface area contributed by atoms with Gasteiger partial charge in [0.25, 0.3) is 0 Å². The number of nitrogens with zero attached hydrogens (tertiary/aromatic N) is 1. The van der Waals surface area contributed by atoms with Crippen LogP contribution >= 0.6 is 0 Å². The van der Waals surface area contributed by atoms with Crippen molar-refractivity contribution >= 4 is 5.78 Å². The van der Waals surface area contributed by atoms with E-state index in [1.54, 1.807) is 6.92 Å². The lowest BCUT2D eigenvalue weighted by Crippen LogP contribution is -2.39. The van der Waals surface area contributed by atoms with Gasteiger partial charge in [-0.05, 0) is 46.7 Å². The third-order valence-electron chi connectivity index (χ3n) is 2.83. The van der Waals surface area contributed by atoms with E-state index in [2.05, 4.69) is 18.7 Å². The second-order valence-electron chi connectivity index (χ2n) is 4.01. The molecule has 0 aromatic carbocycles. The minimum absolute atomic E-state index is 0.347. The predicted octanol–water partition coefficient (Wildman–Crippen LogP) is 2.72. The maximum atomic E-state index is 11.1. The summed E-state index contributed by atoms with van der Waals surface area (Å²) in [6, 6.07) is 0.637. The zero-order valence-electron chi connectivity index (χ0n) is 10.3. The van der Waals surface area contributed by atoms with Crippen LogP contribution in [-0.2, 0) is 4.79 Å². The first-order valence-electron chi connectivity index (χ1n) is 5.85. The van der Waals surface area contributed by atoms with Crippen molar-refractivity contribution in [3.05, 3.63) is 0 Å². The first-order valence-corrected chi connectivity index (χ1v) is 5.85. The van der Waals surface area contributed by atoms with E-state index >= 15 is 0 Å². The number of rotatable bonds is 2. The molecule has 2 heteroatoms. The molecule has 0 atom stereocenters. The molecule has 0 unspecified atom stereocenters. The quantitative estimate of drug-likeness (QED) is 0.681. The van der Waals surface area contributed by atoms with Gasteiger partial charge < -0.3 is 4.90 Å². The van der Waals surface area contributed by atoms with Gasteiger partial charge in [0.2, 0.25) is 0 Å². The highest BCUT2D eigenvalue weighted by Gasteiger charge is 2.23. The molecular formula is C12H25NO. The molecule has 0 aromatic rings. The van der Waals surface area contributed by atoms with E-state index < -0.39 is 0 Å². The van der Waals surface area contributed by atoms with Crippen LogP contribution in [0.2, 0.25) is 0 Å². The van der Waals surface area contributed by atoms with Gasteiger partial charge in [-0.15, -0.1) is 0 Å². The summed E-state index contributed by atoms with van der Waals surface area (Å²) in [7, 11) is 0. The maximum absolute atomic E-state index is 11.1. The lowest BCUT2D eigenvalue weighted by molar-refractivity contribution is -0.122. The molecule has 0 saturated carbocycles. The van der Waals surface area contributed by atoms with Gasteiger partial charge in [-0.2, -0.15) is 0 Å². The minimum atomic E-state index is 0.347. The largest absolute Gasteiger partial charge is 0.301 e. The van der Waals surface area contributed by atoms with Crippen LogP contribution in [0.15, 0.2) is 0 Å². The predicted molar refractivity (Wildman–Crippen MR) is 61.5 cm³/mol. The van der Waals surface area contributed by atoms with Gasteiger partial charge in [-0.1, -0.05) is 13.8 Å². The third-order valence-corrected chi connectivity index (χ3v) is 2.83. The number of hydrogen-bond acceptors (Lipinski definition) is 2. The molecule has 0 aromatic heterocycles. The second-order valence-corrected chi connectivity index (χ2v) is 4.01. The topological polar surface area (TPSA) is 20.3 Å². The van der Waals surface area contributed by atoms with Gasteiger partial charge >= 0.3 is 0 Å². The lowest BCUT2D eigenvalue weighted by Gasteiger charge is -2.33. The van der Waals surface area contributed by atoms with Gasteiger partial charge in [-0.3, -0.25) is 4.79 Å². The van der Waals surface area contributed by atoms with E-state index in [0.29, 0.717) is 17.7 Å². The molecule has 0 spiro atoms. The molecule has 0 radical (unpaired) electrons. The summed E-state index contributed by atoms with van der Waals surface area (Å²) in [4.78, 5) is 13.5. The molecule has 1 fully saturated rings. The maximum Gasteiger partial charge on any atom is 0.133 e. The summed E-state index contributed by atoms with van der Waals surface area (Å²) in [6.07, 6.45) is 2.13. The number of carbonyl (C=O) groups is 1. The van der Waals surface area contributed by atoms with E-state index in [0.717, 1.165) is 25.9 Å². The van der Waals surface area contributed by atoms with Gasteiger partial charge in [0.15, 0.2) is 0 Å². The van der Waals surface area contributed by atoms with Gasteiger partial charge in [0.1, 0.15) is 5.78 Å². The highest BCUT2D eigenvalue weighted by atomic mass is 16.1. The van der Waals surface area contributed by atoms with Crippen LogP contribution in [0, 0.1) is 5.92 Å². The summed E-state index contributed by atoms with van der Waals surface area (Å²) >= 11 is 0. The minimum Gasteiger partial charge on any atom is -0.301 e. The Morgan fingerprint density at radius 2 is 1.64 bits per heavy atom. The van der Waals surface area contributed by atoms with Gasteiger partial charge in [0.05, 0.1) is 0 Å². The lowest BCUT2D eigenvalue weighted by atomic mass is 9.93. The van der Waals surface area contributed by atoms with Crippen molar-refractivity contribution in [2.24, 2.45) is 5.92 Å². The summed E-state index contributed by atoms with van der Waals surface area (Å²) < 4.78 is 0. The van der Waals surface area contributed by atoms with Crippen molar-refractivity contribution in [2.75, 3.05) is 13.1 Å². The molecule has 14 heavy (non-hydrogen) atoms. The van der Waals surface area contributed by atoms with Crippen molar-refractivity contribution in [3.63, 3.8) is 0 Å². The number of ketones is 1. The van der Waals surface area contributed by atoms with Crippen molar-refractivity contribution in [1.82, 2.24) is 4.90 Å².